The van der Waals surface area contributed by atoms with Gasteiger partial charge in [0, 0.05) is 31.3 Å². The van der Waals surface area contributed by atoms with Crippen LogP contribution in [0, 0.1) is 5.92 Å². The van der Waals surface area contributed by atoms with E-state index >= 15 is 0 Å². The summed E-state index contributed by atoms with van der Waals surface area (Å²) in [5.74, 6) is 0.573. The van der Waals surface area contributed by atoms with Crippen LogP contribution >= 0.6 is 0 Å². The second-order valence-corrected chi connectivity index (χ2v) is 8.38. The summed E-state index contributed by atoms with van der Waals surface area (Å²) in [6, 6.07) is 11.3. The number of halogens is 1. The minimum atomic E-state index is -0.417. The minimum Gasteiger partial charge on any atom is -0.303 e. The number of nitrogens with zero attached hydrogens (tertiary/aromatic N) is 3. The number of allylic oxidation sites excluding steroid dienone is 2. The molecular weight excluding hydrogens is 421 g/mol. The summed E-state index contributed by atoms with van der Waals surface area (Å²) in [7, 11) is 0. The lowest BCUT2D eigenvalue weighted by Crippen LogP contribution is -2.30. The lowest BCUT2D eigenvalue weighted by atomic mass is 10.0. The molecule has 1 atom stereocenters. The molecule has 1 fully saturated rings. The molecule has 2 rings (SSSR count). The van der Waals surface area contributed by atoms with Gasteiger partial charge in [0.05, 0.1) is 6.54 Å². The summed E-state index contributed by atoms with van der Waals surface area (Å²) in [5.41, 5.74) is 4.20. The fourth-order valence-corrected chi connectivity index (χ4v) is 3.32. The first-order valence-electron chi connectivity index (χ1n) is 13.3. The maximum absolute atomic E-state index is 10.6. The zero-order valence-electron chi connectivity index (χ0n) is 23.8. The molecule has 1 heterocycles. The quantitative estimate of drug-likeness (QED) is 0.279. The van der Waals surface area contributed by atoms with Gasteiger partial charge in [-0.05, 0) is 58.6 Å². The van der Waals surface area contributed by atoms with Gasteiger partial charge in [-0.15, -0.1) is 6.58 Å². The summed E-state index contributed by atoms with van der Waals surface area (Å²) < 4.78 is 10.6. The Bertz CT molecular complexity index is 652. The number of benzene rings is 1. The lowest BCUT2D eigenvalue weighted by Gasteiger charge is -2.26. The fraction of sp³-hybridized carbons (Fsp3) is 0.633. The minimum absolute atomic E-state index is 0.417. The molecule has 1 aliphatic rings. The average Bonchev–Trinajstić information content (AvgIpc) is 3.06. The van der Waals surface area contributed by atoms with Crippen LogP contribution < -0.4 is 0 Å². The normalized spacial score (nSPS) is 17.3. The maximum atomic E-state index is 10.6. The van der Waals surface area contributed by atoms with Crippen molar-refractivity contribution in [3.63, 3.8) is 0 Å². The largest absolute Gasteiger partial charge is 0.303 e. The summed E-state index contributed by atoms with van der Waals surface area (Å²) in [5, 5.41) is 7.36. The number of alkyl halides is 1. The van der Waals surface area contributed by atoms with Crippen LogP contribution in [0.25, 0.3) is 0 Å². The Morgan fingerprint density at radius 2 is 1.76 bits per heavy atom. The molecule has 1 aromatic rings. The van der Waals surface area contributed by atoms with Crippen LogP contribution in [0.2, 0.25) is 0 Å². The van der Waals surface area contributed by atoms with Crippen molar-refractivity contribution in [2.45, 2.75) is 87.6 Å². The molecule has 0 aromatic heterocycles. The summed E-state index contributed by atoms with van der Waals surface area (Å²) >= 11 is 0. The molecule has 34 heavy (non-hydrogen) atoms. The molecule has 196 valence electrons. The molecule has 1 saturated heterocycles. The Hall–Kier alpha value is -1.94. The van der Waals surface area contributed by atoms with Gasteiger partial charge in [0.1, 0.15) is 6.67 Å². The molecule has 0 amide bonds. The molecule has 0 saturated carbocycles. The Balaban J connectivity index is 0. The van der Waals surface area contributed by atoms with Gasteiger partial charge in [0.2, 0.25) is 0 Å². The smallest absolute Gasteiger partial charge is 0.107 e. The van der Waals surface area contributed by atoms with E-state index in [0.29, 0.717) is 12.0 Å². The number of hydrogen-bond donors (Lipinski definition) is 0. The lowest BCUT2D eigenvalue weighted by molar-refractivity contribution is 0.250. The van der Waals surface area contributed by atoms with Crippen molar-refractivity contribution in [2.75, 3.05) is 32.9 Å². The van der Waals surface area contributed by atoms with E-state index in [1.165, 1.54) is 35.9 Å². The Morgan fingerprint density at radius 1 is 1.18 bits per heavy atom. The maximum Gasteiger partial charge on any atom is 0.107 e. The van der Waals surface area contributed by atoms with Crippen LogP contribution in [0.5, 0.6) is 0 Å². The van der Waals surface area contributed by atoms with E-state index in [2.05, 4.69) is 87.5 Å². The third-order valence-electron chi connectivity index (χ3n) is 5.56. The first-order chi connectivity index (χ1) is 16.4. The van der Waals surface area contributed by atoms with Crippen molar-refractivity contribution in [3.8, 4) is 0 Å². The molecular formula is C30H54FN3. The zero-order valence-corrected chi connectivity index (χ0v) is 23.8. The SMILES string of the molecule is C/C=C(\C)CN(/N=C1/CCN(CCc2ccccc2)CCC1C)C(C)C.C=CCF.CC.CC. The van der Waals surface area contributed by atoms with Crippen molar-refractivity contribution in [3.05, 3.63) is 60.2 Å². The van der Waals surface area contributed by atoms with Crippen LogP contribution in [0.15, 0.2) is 59.7 Å². The molecule has 0 radical (unpaired) electrons. The number of hydrogen-bond acceptors (Lipinski definition) is 3. The van der Waals surface area contributed by atoms with Gasteiger partial charge >= 0.3 is 0 Å². The van der Waals surface area contributed by atoms with E-state index in [9.17, 15) is 4.39 Å². The van der Waals surface area contributed by atoms with E-state index in [0.717, 1.165) is 32.5 Å². The highest BCUT2D eigenvalue weighted by molar-refractivity contribution is 5.86. The van der Waals surface area contributed by atoms with Gasteiger partial charge in [-0.3, -0.25) is 5.01 Å². The number of hydrazone groups is 1. The van der Waals surface area contributed by atoms with E-state index in [1.54, 1.807) is 0 Å². The fourth-order valence-electron chi connectivity index (χ4n) is 3.32. The molecule has 0 N–H and O–H groups in total. The zero-order chi connectivity index (χ0) is 26.4. The highest BCUT2D eigenvalue weighted by Gasteiger charge is 2.20. The van der Waals surface area contributed by atoms with Crippen molar-refractivity contribution in [2.24, 2.45) is 11.0 Å². The third-order valence-corrected chi connectivity index (χ3v) is 5.56. The number of likely N-dealkylation sites (tertiary alicyclic amines) is 1. The molecule has 0 aliphatic carbocycles. The monoisotopic (exact) mass is 475 g/mol. The van der Waals surface area contributed by atoms with Gasteiger partial charge in [-0.2, -0.15) is 5.10 Å². The van der Waals surface area contributed by atoms with Gasteiger partial charge < -0.3 is 4.90 Å². The van der Waals surface area contributed by atoms with Crippen LogP contribution in [0.3, 0.4) is 0 Å². The Kier molecular flexibility index (Phi) is 23.0. The van der Waals surface area contributed by atoms with Crippen molar-refractivity contribution in [1.29, 1.82) is 0 Å². The first kappa shape index (κ1) is 34.2. The summed E-state index contributed by atoms with van der Waals surface area (Å²) in [6.07, 6.45) is 6.84. The summed E-state index contributed by atoms with van der Waals surface area (Å²) in [6.45, 7) is 26.2. The van der Waals surface area contributed by atoms with Gasteiger partial charge in [0.15, 0.2) is 0 Å². The predicted octanol–water partition coefficient (Wildman–Crippen LogP) is 8.19. The van der Waals surface area contributed by atoms with E-state index in [4.69, 9.17) is 5.10 Å². The number of rotatable bonds is 8. The molecule has 1 unspecified atom stereocenters. The van der Waals surface area contributed by atoms with Crippen LogP contribution in [0.1, 0.15) is 80.7 Å². The second kappa shape index (κ2) is 22.8. The summed E-state index contributed by atoms with van der Waals surface area (Å²) in [4.78, 5) is 2.61. The van der Waals surface area contributed by atoms with E-state index in [1.807, 2.05) is 27.7 Å². The molecule has 3 nitrogen and oxygen atoms in total. The van der Waals surface area contributed by atoms with Crippen LogP contribution in [-0.2, 0) is 6.42 Å². The average molecular weight is 476 g/mol. The van der Waals surface area contributed by atoms with Crippen LogP contribution in [-0.4, -0.2) is 54.5 Å². The van der Waals surface area contributed by atoms with Crippen LogP contribution in [0.4, 0.5) is 4.39 Å². The molecule has 1 aromatic carbocycles. The van der Waals surface area contributed by atoms with Crippen molar-refractivity contribution in [1.82, 2.24) is 9.91 Å². The van der Waals surface area contributed by atoms with Gasteiger partial charge in [-0.25, -0.2) is 4.39 Å². The molecule has 0 spiro atoms. The molecule has 1 aliphatic heterocycles. The van der Waals surface area contributed by atoms with E-state index < -0.39 is 6.67 Å². The highest BCUT2D eigenvalue weighted by Crippen LogP contribution is 2.18. The molecule has 4 heteroatoms. The third kappa shape index (κ3) is 15.8. The van der Waals surface area contributed by atoms with Crippen molar-refractivity contribution >= 4 is 5.71 Å². The van der Waals surface area contributed by atoms with Gasteiger partial charge in [-0.1, -0.05) is 82.7 Å². The first-order valence-corrected chi connectivity index (χ1v) is 13.3. The Morgan fingerprint density at radius 3 is 2.26 bits per heavy atom. The topological polar surface area (TPSA) is 18.8 Å². The standard InChI is InChI=1S/C23H37N3.C3H5F.2C2H6/c1-6-20(4)18-26(19(2)3)24-23-14-17-25(15-12-21(23)5)16-13-22-10-8-7-9-11-22;1-2-3-4;2*1-2/h6-11,19,21H,12-18H2,1-5H3;2H,1,3H2;2*1-2H3/b20-6+,24-23-;;;. The predicted molar refractivity (Wildman–Crippen MR) is 153 cm³/mol. The second-order valence-electron chi connectivity index (χ2n) is 8.38. The Labute approximate surface area is 211 Å². The van der Waals surface area contributed by atoms with E-state index in [-0.39, 0.29) is 0 Å². The highest BCUT2D eigenvalue weighted by atomic mass is 19.1. The molecule has 0 bridgehead atoms. The van der Waals surface area contributed by atoms with Gasteiger partial charge in [0.25, 0.3) is 0 Å². The van der Waals surface area contributed by atoms with Crippen molar-refractivity contribution < 1.29 is 4.39 Å².